The number of aromatic nitrogens is 3. The summed E-state index contributed by atoms with van der Waals surface area (Å²) in [7, 11) is 1.71. The average Bonchev–Trinajstić information content (AvgIpc) is 2.89. The number of ether oxygens (including phenoxy) is 1. The summed E-state index contributed by atoms with van der Waals surface area (Å²) in [4.78, 5) is 4.04. The van der Waals surface area contributed by atoms with Gasteiger partial charge in [0.05, 0.1) is 7.11 Å². The number of rotatable bonds is 3. The molecular formula is C16H23N3O. The number of hydrogen-bond donors (Lipinski definition) is 0. The third-order valence-electron chi connectivity index (χ3n) is 3.46. The first kappa shape index (κ1) is 14.6. The van der Waals surface area contributed by atoms with Crippen molar-refractivity contribution >= 4 is 0 Å². The van der Waals surface area contributed by atoms with Crippen LogP contribution >= 0.6 is 0 Å². The predicted molar refractivity (Wildman–Crippen MR) is 80.7 cm³/mol. The van der Waals surface area contributed by atoms with Crippen LogP contribution in [0.2, 0.25) is 0 Å². The number of hydrogen-bond acceptors (Lipinski definition) is 3. The van der Waals surface area contributed by atoms with Gasteiger partial charge in [-0.2, -0.15) is 5.10 Å². The zero-order chi connectivity index (χ0) is 14.9. The lowest BCUT2D eigenvalue weighted by Crippen LogP contribution is -2.14. The first-order valence-electron chi connectivity index (χ1n) is 6.92. The molecule has 0 aliphatic rings. The van der Waals surface area contributed by atoms with Gasteiger partial charge in [-0.05, 0) is 28.5 Å². The van der Waals surface area contributed by atoms with Gasteiger partial charge in [-0.25, -0.2) is 9.67 Å². The molecule has 20 heavy (non-hydrogen) atoms. The van der Waals surface area contributed by atoms with E-state index in [-0.39, 0.29) is 5.41 Å². The highest BCUT2D eigenvalue weighted by atomic mass is 16.5. The van der Waals surface area contributed by atoms with Crippen molar-refractivity contribution in [3.63, 3.8) is 0 Å². The number of methoxy groups -OCH3 is 1. The van der Waals surface area contributed by atoms with E-state index in [1.165, 1.54) is 17.5 Å². The van der Waals surface area contributed by atoms with Crippen molar-refractivity contribution in [3.8, 4) is 11.4 Å². The monoisotopic (exact) mass is 273 g/mol. The second-order valence-corrected chi connectivity index (χ2v) is 6.36. The largest absolute Gasteiger partial charge is 0.494 e. The molecule has 0 atom stereocenters. The smallest absolute Gasteiger partial charge is 0.148 e. The first-order valence-corrected chi connectivity index (χ1v) is 6.92. The van der Waals surface area contributed by atoms with Crippen molar-refractivity contribution in [2.45, 2.75) is 46.0 Å². The Morgan fingerprint density at radius 3 is 2.35 bits per heavy atom. The summed E-state index contributed by atoms with van der Waals surface area (Å²) >= 11 is 0. The Bertz CT molecular complexity index is 581. The van der Waals surface area contributed by atoms with Gasteiger partial charge in [0.2, 0.25) is 0 Å². The summed E-state index contributed by atoms with van der Waals surface area (Å²) in [5, 5.41) is 4.24. The van der Waals surface area contributed by atoms with Gasteiger partial charge in [0.25, 0.3) is 0 Å². The van der Waals surface area contributed by atoms with Crippen LogP contribution in [-0.2, 0) is 5.41 Å². The maximum absolute atomic E-state index is 5.64. The summed E-state index contributed by atoms with van der Waals surface area (Å²) in [5.41, 5.74) is 3.49. The zero-order valence-electron chi connectivity index (χ0n) is 13.1. The Balaban J connectivity index is 2.73. The molecule has 0 spiro atoms. The minimum atomic E-state index is 0.0746. The average molecular weight is 273 g/mol. The minimum Gasteiger partial charge on any atom is -0.494 e. The molecule has 0 bridgehead atoms. The summed E-state index contributed by atoms with van der Waals surface area (Å²) in [5.74, 6) is 1.26. The molecule has 1 heterocycles. The van der Waals surface area contributed by atoms with Gasteiger partial charge >= 0.3 is 0 Å². The second-order valence-electron chi connectivity index (χ2n) is 6.36. The van der Waals surface area contributed by atoms with Crippen molar-refractivity contribution in [1.29, 1.82) is 0 Å². The predicted octanol–water partition coefficient (Wildman–Crippen LogP) is 3.70. The maximum atomic E-state index is 5.64. The fourth-order valence-corrected chi connectivity index (χ4v) is 2.22. The van der Waals surface area contributed by atoms with Gasteiger partial charge < -0.3 is 4.74 Å². The fraction of sp³-hybridized carbons (Fsp3) is 0.500. The van der Waals surface area contributed by atoms with E-state index in [0.29, 0.717) is 5.92 Å². The molecule has 1 aromatic heterocycles. The van der Waals surface area contributed by atoms with Crippen LogP contribution < -0.4 is 4.74 Å². The van der Waals surface area contributed by atoms with Crippen molar-refractivity contribution in [2.24, 2.45) is 0 Å². The van der Waals surface area contributed by atoms with Gasteiger partial charge in [-0.1, -0.05) is 40.7 Å². The lowest BCUT2D eigenvalue weighted by Gasteiger charge is -2.24. The van der Waals surface area contributed by atoms with Crippen LogP contribution in [0, 0.1) is 0 Å². The van der Waals surface area contributed by atoms with Crippen LogP contribution in [-0.4, -0.2) is 21.9 Å². The van der Waals surface area contributed by atoms with Crippen molar-refractivity contribution in [1.82, 2.24) is 14.8 Å². The van der Waals surface area contributed by atoms with Gasteiger partial charge in [-0.15, -0.1) is 0 Å². The van der Waals surface area contributed by atoms with E-state index >= 15 is 0 Å². The molecule has 0 saturated carbocycles. The Morgan fingerprint density at radius 1 is 1.20 bits per heavy atom. The summed E-state index contributed by atoms with van der Waals surface area (Å²) < 4.78 is 7.40. The van der Waals surface area contributed by atoms with Gasteiger partial charge in [0.1, 0.15) is 24.1 Å². The quantitative estimate of drug-likeness (QED) is 0.856. The van der Waals surface area contributed by atoms with Gasteiger partial charge in [-0.3, -0.25) is 0 Å². The molecule has 1 aromatic carbocycles. The molecule has 0 aliphatic heterocycles. The molecule has 0 amide bonds. The highest BCUT2D eigenvalue weighted by molar-refractivity contribution is 5.56. The highest BCUT2D eigenvalue weighted by Crippen LogP contribution is 2.37. The second kappa shape index (κ2) is 5.27. The molecule has 0 N–H and O–H groups in total. The van der Waals surface area contributed by atoms with Crippen LogP contribution in [0.25, 0.3) is 5.69 Å². The van der Waals surface area contributed by atoms with E-state index in [4.69, 9.17) is 4.74 Å². The van der Waals surface area contributed by atoms with Crippen LogP contribution in [0.4, 0.5) is 0 Å². The summed E-state index contributed by atoms with van der Waals surface area (Å²) in [6.45, 7) is 11.0. The maximum Gasteiger partial charge on any atom is 0.148 e. The molecule has 0 aliphatic carbocycles. The third-order valence-corrected chi connectivity index (χ3v) is 3.46. The van der Waals surface area contributed by atoms with Crippen LogP contribution in [0.3, 0.4) is 0 Å². The molecule has 0 saturated heterocycles. The zero-order valence-corrected chi connectivity index (χ0v) is 13.1. The Hall–Kier alpha value is -1.84. The summed E-state index contributed by atoms with van der Waals surface area (Å²) in [6, 6.07) is 4.38. The van der Waals surface area contributed by atoms with Gasteiger partial charge in [0.15, 0.2) is 0 Å². The Kier molecular flexibility index (Phi) is 3.84. The molecule has 108 valence electrons. The Morgan fingerprint density at radius 2 is 1.90 bits per heavy atom. The third kappa shape index (κ3) is 2.69. The molecule has 4 nitrogen and oxygen atoms in total. The molecule has 4 heteroatoms. The van der Waals surface area contributed by atoms with Crippen LogP contribution in [0.5, 0.6) is 5.75 Å². The first-order chi connectivity index (χ1) is 9.34. The lowest BCUT2D eigenvalue weighted by atomic mass is 9.84. The molecule has 2 aromatic rings. The van der Waals surface area contributed by atoms with E-state index in [1.807, 2.05) is 0 Å². The van der Waals surface area contributed by atoms with Crippen molar-refractivity contribution < 1.29 is 4.74 Å². The molecule has 0 fully saturated rings. The minimum absolute atomic E-state index is 0.0746. The Labute approximate surface area is 120 Å². The summed E-state index contributed by atoms with van der Waals surface area (Å²) in [6.07, 6.45) is 3.24. The fourth-order valence-electron chi connectivity index (χ4n) is 2.22. The normalized spacial score (nSPS) is 11.9. The highest BCUT2D eigenvalue weighted by Gasteiger charge is 2.21. The van der Waals surface area contributed by atoms with E-state index in [0.717, 1.165) is 11.4 Å². The van der Waals surface area contributed by atoms with Crippen molar-refractivity contribution in [3.05, 3.63) is 35.9 Å². The van der Waals surface area contributed by atoms with E-state index < -0.39 is 0 Å². The number of benzene rings is 1. The number of nitrogens with zero attached hydrogens (tertiary/aromatic N) is 3. The molecule has 2 rings (SSSR count). The standard InChI is InChI=1S/C16H23N3O/c1-11(2)13-7-12(16(3,4)5)8-14(15(13)20-6)19-10-17-9-18-19/h7-11H,1-6H3. The van der Waals surface area contributed by atoms with Crippen LogP contribution in [0.15, 0.2) is 24.8 Å². The van der Waals surface area contributed by atoms with E-state index in [2.05, 4.69) is 56.8 Å². The van der Waals surface area contributed by atoms with Crippen molar-refractivity contribution in [2.75, 3.05) is 7.11 Å². The SMILES string of the molecule is COc1c(C(C)C)cc(C(C)(C)C)cc1-n1cncn1. The molecular weight excluding hydrogens is 250 g/mol. The lowest BCUT2D eigenvalue weighted by molar-refractivity contribution is 0.403. The molecule has 0 radical (unpaired) electrons. The van der Waals surface area contributed by atoms with Crippen LogP contribution in [0.1, 0.15) is 51.7 Å². The van der Waals surface area contributed by atoms with E-state index in [9.17, 15) is 0 Å². The van der Waals surface area contributed by atoms with E-state index in [1.54, 1.807) is 18.1 Å². The topological polar surface area (TPSA) is 39.9 Å². The van der Waals surface area contributed by atoms with Gasteiger partial charge in [0, 0.05) is 0 Å². The molecule has 0 unspecified atom stereocenters.